The second-order valence-corrected chi connectivity index (χ2v) is 5.80. The molecule has 0 aromatic heterocycles. The van der Waals surface area contributed by atoms with E-state index in [-0.39, 0.29) is 5.56 Å². The lowest BCUT2D eigenvalue weighted by molar-refractivity contribution is 0.0999. The number of hydrogen-bond donors (Lipinski definition) is 1. The van der Waals surface area contributed by atoms with Crippen LogP contribution in [-0.2, 0) is 5.33 Å². The van der Waals surface area contributed by atoms with Gasteiger partial charge in [-0.3, -0.25) is 4.79 Å². The Morgan fingerprint density at radius 3 is 2.60 bits per heavy atom. The molecule has 0 bridgehead atoms. The van der Waals surface area contributed by atoms with Crippen LogP contribution in [0, 0.1) is 12.7 Å². The first-order valence-corrected chi connectivity index (χ1v) is 7.80. The summed E-state index contributed by atoms with van der Waals surface area (Å²) in [6.07, 6.45) is 0. The molecule has 2 rings (SSSR count). The zero-order chi connectivity index (χ0) is 14.9. The van der Waals surface area contributed by atoms with Gasteiger partial charge in [0.2, 0.25) is 5.91 Å². The number of halogens is 3. The quantitative estimate of drug-likeness (QED) is 0.754. The van der Waals surface area contributed by atoms with Crippen LogP contribution in [0.25, 0.3) is 11.1 Å². The molecule has 5 heteroatoms. The van der Waals surface area contributed by atoms with Gasteiger partial charge in [-0.1, -0.05) is 44.0 Å². The summed E-state index contributed by atoms with van der Waals surface area (Å²) in [5.74, 6) is -1.11. The Morgan fingerprint density at radius 1 is 1.30 bits per heavy atom. The smallest absolute Gasteiger partial charge is 0.249 e. The first-order valence-electron chi connectivity index (χ1n) is 5.89. The van der Waals surface area contributed by atoms with E-state index in [4.69, 9.17) is 5.73 Å². The number of carbonyl (C=O) groups excluding carboxylic acids is 1. The van der Waals surface area contributed by atoms with E-state index in [1.54, 1.807) is 0 Å². The highest BCUT2D eigenvalue weighted by Gasteiger charge is 2.17. The first-order chi connectivity index (χ1) is 9.45. The van der Waals surface area contributed by atoms with Crippen molar-refractivity contribution in [2.24, 2.45) is 5.73 Å². The van der Waals surface area contributed by atoms with Crippen LogP contribution in [0.5, 0.6) is 0 Å². The summed E-state index contributed by atoms with van der Waals surface area (Å²) in [5.41, 5.74) is 8.77. The Morgan fingerprint density at radius 2 is 2.00 bits per heavy atom. The molecular weight excluding hydrogens is 389 g/mol. The Balaban J connectivity index is 2.79. The Kier molecular flexibility index (Phi) is 4.60. The highest BCUT2D eigenvalue weighted by atomic mass is 79.9. The van der Waals surface area contributed by atoms with Gasteiger partial charge in [-0.25, -0.2) is 4.39 Å². The fourth-order valence-electron chi connectivity index (χ4n) is 2.14. The predicted octanol–water partition coefficient (Wildman–Crippen LogP) is 4.56. The number of carbonyl (C=O) groups is 1. The molecular formula is C15H12Br2FNO. The van der Waals surface area contributed by atoms with Crippen LogP contribution in [0.4, 0.5) is 4.39 Å². The van der Waals surface area contributed by atoms with Crippen molar-refractivity contribution in [3.05, 3.63) is 57.3 Å². The maximum Gasteiger partial charge on any atom is 0.249 e. The molecule has 1 amide bonds. The van der Waals surface area contributed by atoms with Gasteiger partial charge in [-0.05, 0) is 47.4 Å². The first kappa shape index (κ1) is 15.2. The standard InChI is InChI=1S/C15H12Br2FNO/c1-8-10(3-2-4-14(8)17)11-5-9(18)6-12(15(19)20)13(11)7-16/h2-6H,7H2,1H3,(H2,19,20). The van der Waals surface area contributed by atoms with Crippen LogP contribution in [0.15, 0.2) is 34.8 Å². The minimum absolute atomic E-state index is 0.205. The Labute approximate surface area is 133 Å². The lowest BCUT2D eigenvalue weighted by Gasteiger charge is -2.14. The third kappa shape index (κ3) is 2.79. The van der Waals surface area contributed by atoms with Crippen molar-refractivity contribution in [1.82, 2.24) is 0 Å². The molecule has 20 heavy (non-hydrogen) atoms. The topological polar surface area (TPSA) is 43.1 Å². The van der Waals surface area contributed by atoms with Crippen LogP contribution < -0.4 is 5.73 Å². The van der Waals surface area contributed by atoms with E-state index >= 15 is 0 Å². The Bertz CT molecular complexity index is 686. The van der Waals surface area contributed by atoms with Crippen molar-refractivity contribution in [2.45, 2.75) is 12.3 Å². The van der Waals surface area contributed by atoms with Crippen LogP contribution in [0.3, 0.4) is 0 Å². The summed E-state index contributed by atoms with van der Waals surface area (Å²) in [5, 5.41) is 0.423. The molecule has 0 aliphatic rings. The SMILES string of the molecule is Cc1c(Br)cccc1-c1cc(F)cc(C(N)=O)c1CBr. The summed E-state index contributed by atoms with van der Waals surface area (Å²) in [7, 11) is 0. The third-order valence-corrected chi connectivity index (χ3v) is 4.59. The molecule has 2 nitrogen and oxygen atoms in total. The number of nitrogens with two attached hydrogens (primary N) is 1. The zero-order valence-electron chi connectivity index (χ0n) is 10.7. The monoisotopic (exact) mass is 399 g/mol. The molecule has 0 saturated heterocycles. The largest absolute Gasteiger partial charge is 0.366 e. The number of benzene rings is 2. The van der Waals surface area contributed by atoms with E-state index in [1.165, 1.54) is 12.1 Å². The van der Waals surface area contributed by atoms with Crippen LogP contribution in [-0.4, -0.2) is 5.91 Å². The van der Waals surface area contributed by atoms with E-state index < -0.39 is 11.7 Å². The lowest BCUT2D eigenvalue weighted by Crippen LogP contribution is -2.14. The average molecular weight is 401 g/mol. The fourth-order valence-corrected chi connectivity index (χ4v) is 3.11. The van der Waals surface area contributed by atoms with Gasteiger partial charge < -0.3 is 5.73 Å². The zero-order valence-corrected chi connectivity index (χ0v) is 13.9. The molecule has 0 radical (unpaired) electrons. The van der Waals surface area contributed by atoms with Gasteiger partial charge >= 0.3 is 0 Å². The van der Waals surface area contributed by atoms with Gasteiger partial charge in [0.1, 0.15) is 5.82 Å². The van der Waals surface area contributed by atoms with E-state index in [1.807, 2.05) is 25.1 Å². The van der Waals surface area contributed by atoms with Gasteiger partial charge in [0.25, 0.3) is 0 Å². The minimum atomic E-state index is -0.632. The van der Waals surface area contributed by atoms with Crippen molar-refractivity contribution >= 4 is 37.8 Å². The van der Waals surface area contributed by atoms with E-state index in [0.29, 0.717) is 16.5 Å². The molecule has 104 valence electrons. The fraction of sp³-hybridized carbons (Fsp3) is 0.133. The molecule has 0 unspecified atom stereocenters. The second kappa shape index (κ2) is 6.06. The van der Waals surface area contributed by atoms with Crippen molar-refractivity contribution in [3.63, 3.8) is 0 Å². The summed E-state index contributed by atoms with van der Waals surface area (Å²) >= 11 is 6.81. The van der Waals surface area contributed by atoms with Crippen molar-refractivity contribution < 1.29 is 9.18 Å². The number of hydrogen-bond acceptors (Lipinski definition) is 1. The molecule has 0 spiro atoms. The van der Waals surface area contributed by atoms with Gasteiger partial charge in [-0.15, -0.1) is 0 Å². The average Bonchev–Trinajstić information content (AvgIpc) is 2.40. The normalized spacial score (nSPS) is 10.6. The Hall–Kier alpha value is -1.20. The van der Waals surface area contributed by atoms with Crippen LogP contribution in [0.2, 0.25) is 0 Å². The van der Waals surface area contributed by atoms with Crippen LogP contribution >= 0.6 is 31.9 Å². The van der Waals surface area contributed by atoms with Crippen molar-refractivity contribution in [1.29, 1.82) is 0 Å². The molecule has 0 atom stereocenters. The van der Waals surface area contributed by atoms with E-state index in [2.05, 4.69) is 31.9 Å². The van der Waals surface area contributed by atoms with Gasteiger partial charge in [0, 0.05) is 15.4 Å². The summed E-state index contributed by atoms with van der Waals surface area (Å²) in [6, 6.07) is 8.29. The second-order valence-electron chi connectivity index (χ2n) is 4.39. The molecule has 0 heterocycles. The molecule has 2 aromatic rings. The van der Waals surface area contributed by atoms with Crippen LogP contribution in [0.1, 0.15) is 21.5 Å². The molecule has 0 aliphatic carbocycles. The molecule has 2 N–H and O–H groups in total. The maximum atomic E-state index is 13.8. The number of rotatable bonds is 3. The number of amides is 1. The lowest BCUT2D eigenvalue weighted by atomic mass is 9.93. The third-order valence-electron chi connectivity index (χ3n) is 3.17. The molecule has 0 saturated carbocycles. The molecule has 2 aromatic carbocycles. The molecule has 0 fully saturated rings. The highest BCUT2D eigenvalue weighted by molar-refractivity contribution is 9.10. The highest BCUT2D eigenvalue weighted by Crippen LogP contribution is 2.34. The minimum Gasteiger partial charge on any atom is -0.366 e. The predicted molar refractivity (Wildman–Crippen MR) is 85.4 cm³/mol. The summed E-state index contributed by atoms with van der Waals surface area (Å²) in [4.78, 5) is 11.5. The summed E-state index contributed by atoms with van der Waals surface area (Å²) < 4.78 is 14.7. The van der Waals surface area contributed by atoms with Gasteiger partial charge in [0.15, 0.2) is 0 Å². The van der Waals surface area contributed by atoms with E-state index in [9.17, 15) is 9.18 Å². The van der Waals surface area contributed by atoms with Crippen molar-refractivity contribution in [3.8, 4) is 11.1 Å². The molecule has 0 aliphatic heterocycles. The maximum absolute atomic E-state index is 13.8. The summed E-state index contributed by atoms with van der Waals surface area (Å²) in [6.45, 7) is 1.94. The van der Waals surface area contributed by atoms with Gasteiger partial charge in [0.05, 0.1) is 0 Å². The van der Waals surface area contributed by atoms with Crippen molar-refractivity contribution in [2.75, 3.05) is 0 Å². The number of primary amides is 1. The number of alkyl halides is 1. The van der Waals surface area contributed by atoms with E-state index in [0.717, 1.165) is 15.6 Å². The van der Waals surface area contributed by atoms with Gasteiger partial charge in [-0.2, -0.15) is 0 Å².